The van der Waals surface area contributed by atoms with E-state index in [1.165, 1.54) is 33.4 Å². The summed E-state index contributed by atoms with van der Waals surface area (Å²) in [6.07, 6.45) is 11.4. The van der Waals surface area contributed by atoms with E-state index in [9.17, 15) is 5.41 Å². The van der Waals surface area contributed by atoms with Crippen molar-refractivity contribution >= 4 is 45.0 Å². The fourth-order valence-corrected chi connectivity index (χ4v) is 8.39. The largest absolute Gasteiger partial charge is 2.00 e. The molecule has 5 nitrogen and oxygen atoms in total. The van der Waals surface area contributed by atoms with Gasteiger partial charge in [-0.15, -0.1) is 22.1 Å². The van der Waals surface area contributed by atoms with Gasteiger partial charge in [0.2, 0.25) is 0 Å². The first-order valence-electron chi connectivity index (χ1n) is 17.0. The minimum absolute atomic E-state index is 0. The zero-order valence-electron chi connectivity index (χ0n) is 28.2. The molecule has 3 aromatic heterocycles. The normalized spacial score (nSPS) is 16.8. The van der Waals surface area contributed by atoms with Gasteiger partial charge in [0.25, 0.3) is 0 Å². The predicted molar refractivity (Wildman–Crippen MR) is 186 cm³/mol. The number of allylic oxidation sites excluding steroid dienone is 3. The van der Waals surface area contributed by atoms with Crippen LogP contribution in [0.3, 0.4) is 0 Å². The summed E-state index contributed by atoms with van der Waals surface area (Å²) in [5.41, 5.74) is 17.5. The van der Waals surface area contributed by atoms with Crippen LogP contribution in [0.15, 0.2) is 24.3 Å². The van der Waals surface area contributed by atoms with Crippen LogP contribution in [0, 0.1) is 5.41 Å². The third-order valence-corrected chi connectivity index (χ3v) is 10.7. The van der Waals surface area contributed by atoms with Gasteiger partial charge in [0, 0.05) is 16.8 Å². The molecule has 45 heavy (non-hydrogen) atoms. The van der Waals surface area contributed by atoms with Crippen molar-refractivity contribution in [1.29, 1.82) is 5.41 Å². The number of fused-ring (bicyclic) bond motifs is 8. The van der Waals surface area contributed by atoms with Crippen LogP contribution in [0.2, 0.25) is 0 Å². The minimum Gasteiger partial charge on any atom is -0.657 e. The van der Waals surface area contributed by atoms with Crippen molar-refractivity contribution in [3.05, 3.63) is 74.9 Å². The summed E-state index contributed by atoms with van der Waals surface area (Å²) in [5.74, 6) is -0.0901. The first-order valence-corrected chi connectivity index (χ1v) is 17.0. The molecule has 3 aromatic rings. The van der Waals surface area contributed by atoms with Crippen molar-refractivity contribution in [1.82, 2.24) is 19.9 Å². The van der Waals surface area contributed by atoms with Crippen LogP contribution in [0.4, 0.5) is 0 Å². The van der Waals surface area contributed by atoms with E-state index in [2.05, 4.69) is 79.7 Å². The smallest absolute Gasteiger partial charge is 0.657 e. The summed E-state index contributed by atoms with van der Waals surface area (Å²) in [6.45, 7) is 17.9. The van der Waals surface area contributed by atoms with Gasteiger partial charge in [-0.05, 0) is 74.2 Å². The fraction of sp³-hybridized carbons (Fsp3) is 0.462. The van der Waals surface area contributed by atoms with E-state index >= 15 is 0 Å². The molecule has 0 aromatic carbocycles. The topological polar surface area (TPSA) is 77.8 Å². The molecular weight excluding hydrogens is 597 g/mol. The molecule has 2 aliphatic heterocycles. The van der Waals surface area contributed by atoms with Crippen LogP contribution in [-0.4, -0.2) is 15.7 Å². The summed E-state index contributed by atoms with van der Waals surface area (Å²) in [7, 11) is 0. The molecule has 0 amide bonds. The fourth-order valence-electron chi connectivity index (χ4n) is 8.39. The first kappa shape index (κ1) is 33.1. The minimum atomic E-state index is -0.259. The second kappa shape index (κ2) is 12.9. The molecular formula is C39H47N5Ni. The average Bonchev–Trinajstić information content (AvgIpc) is 3.75. The van der Waals surface area contributed by atoms with Gasteiger partial charge in [0.15, 0.2) is 0 Å². The summed E-state index contributed by atoms with van der Waals surface area (Å²) >= 11 is 0. The van der Waals surface area contributed by atoms with Gasteiger partial charge in [-0.2, -0.15) is 0 Å². The molecule has 0 spiro atoms. The number of hydrogen-bond donors (Lipinski definition) is 1. The van der Waals surface area contributed by atoms with Crippen LogP contribution in [0.5, 0.6) is 0 Å². The molecule has 238 valence electrons. The van der Waals surface area contributed by atoms with Gasteiger partial charge < -0.3 is 15.4 Å². The Bertz CT molecular complexity index is 1880. The van der Waals surface area contributed by atoms with Gasteiger partial charge in [-0.1, -0.05) is 102 Å². The summed E-state index contributed by atoms with van der Waals surface area (Å²) < 4.78 is 0. The monoisotopic (exact) mass is 643 g/mol. The maximum absolute atomic E-state index is 9.19. The van der Waals surface area contributed by atoms with Crippen LogP contribution in [0.1, 0.15) is 138 Å². The van der Waals surface area contributed by atoms with Crippen molar-refractivity contribution in [2.45, 2.75) is 118 Å². The van der Waals surface area contributed by atoms with Gasteiger partial charge >= 0.3 is 16.5 Å². The quantitative estimate of drug-likeness (QED) is 0.248. The molecule has 1 atom stereocenters. The Labute approximate surface area is 278 Å². The third-order valence-electron chi connectivity index (χ3n) is 10.7. The molecule has 8 bridgehead atoms. The zero-order valence-corrected chi connectivity index (χ0v) is 29.2. The average molecular weight is 645 g/mol. The van der Waals surface area contributed by atoms with E-state index in [1.807, 2.05) is 6.08 Å². The molecule has 1 unspecified atom stereocenters. The summed E-state index contributed by atoms with van der Waals surface area (Å²) in [5, 5.41) is 9.19. The van der Waals surface area contributed by atoms with Crippen molar-refractivity contribution in [3.8, 4) is 0 Å². The first-order chi connectivity index (χ1) is 21.3. The second-order valence-electron chi connectivity index (χ2n) is 12.4. The Morgan fingerprint density at radius 2 is 1.16 bits per heavy atom. The molecule has 6 rings (SSSR count). The molecule has 6 heteroatoms. The Hall–Kier alpha value is -3.24. The standard InChI is InChI=1S/C39H47N5.Ni/c1-9-22-23(10-2)32-20-33-26(13-5)27(14-6)37(43-33)28-17-18-29(40)36-38(28)44-35(39(36,15-7)16-8)21-34-25(12-4)24(11-3)31(42-34)19-30(22)41-32;/h17-21,36,40H,9-16H2,1-8H3;/q-2;+2. The van der Waals surface area contributed by atoms with E-state index in [1.54, 1.807) is 0 Å². The molecule has 0 saturated carbocycles. The van der Waals surface area contributed by atoms with Crippen molar-refractivity contribution in [2.24, 2.45) is 0 Å². The van der Waals surface area contributed by atoms with E-state index in [0.717, 1.165) is 102 Å². The second-order valence-corrected chi connectivity index (χ2v) is 12.4. The summed E-state index contributed by atoms with van der Waals surface area (Å²) in [4.78, 5) is 21.5. The van der Waals surface area contributed by atoms with E-state index in [-0.39, 0.29) is 27.8 Å². The number of nitrogens with zero attached hydrogens (tertiary/aromatic N) is 4. The molecule has 3 aliphatic rings. The molecule has 0 fully saturated rings. The summed E-state index contributed by atoms with van der Waals surface area (Å²) in [6, 6.07) is 6.74. The maximum Gasteiger partial charge on any atom is 2.00 e. The molecule has 1 aliphatic carbocycles. The molecule has 0 radical (unpaired) electrons. The van der Waals surface area contributed by atoms with Crippen molar-refractivity contribution in [2.75, 3.05) is 0 Å². The van der Waals surface area contributed by atoms with Crippen LogP contribution < -0.4 is 9.97 Å². The maximum atomic E-state index is 9.19. The Balaban J connectivity index is 0.00000400. The Morgan fingerprint density at radius 3 is 1.67 bits per heavy atom. The van der Waals surface area contributed by atoms with Gasteiger partial charge in [-0.3, -0.25) is 4.98 Å². The van der Waals surface area contributed by atoms with Gasteiger partial charge in [-0.25, -0.2) is 4.98 Å². The number of hydrogen-bond acceptors (Lipinski definition) is 3. The van der Waals surface area contributed by atoms with Crippen LogP contribution in [0.25, 0.3) is 39.3 Å². The molecule has 0 saturated heterocycles. The number of rotatable bonds is 8. The molecule has 1 N–H and O–H groups in total. The Kier molecular flexibility index (Phi) is 9.48. The number of aromatic nitrogens is 4. The van der Waals surface area contributed by atoms with E-state index < -0.39 is 0 Å². The SMILES string of the molecule is CCC1=C(CC)c2cc3[n-]c(c4c5nc(cc6[n-]c(cc1n2)c(CC)c6CC)C(CC)(CC)C5C(=N)C=C4)c(CC)c3CC.[Ni+2]. The van der Waals surface area contributed by atoms with E-state index in [0.29, 0.717) is 5.71 Å². The zero-order chi connectivity index (χ0) is 31.3. The van der Waals surface area contributed by atoms with Gasteiger partial charge in [0.05, 0.1) is 23.0 Å². The van der Waals surface area contributed by atoms with Crippen molar-refractivity contribution in [3.63, 3.8) is 0 Å². The molecule has 5 heterocycles. The van der Waals surface area contributed by atoms with Crippen LogP contribution >= 0.6 is 0 Å². The van der Waals surface area contributed by atoms with Crippen molar-refractivity contribution < 1.29 is 16.5 Å². The Morgan fingerprint density at radius 1 is 0.644 bits per heavy atom. The van der Waals surface area contributed by atoms with Crippen LogP contribution in [-0.2, 0) is 47.6 Å². The predicted octanol–water partition coefficient (Wildman–Crippen LogP) is 9.44. The third kappa shape index (κ3) is 4.90. The number of aryl methyl sites for hydroxylation is 4. The van der Waals surface area contributed by atoms with Gasteiger partial charge in [0.1, 0.15) is 0 Å². The number of nitrogens with one attached hydrogen (secondary N) is 1. The van der Waals surface area contributed by atoms with E-state index in [4.69, 9.17) is 19.9 Å².